The molecule has 0 heterocycles. The number of benzene rings is 3. The van der Waals surface area contributed by atoms with Crippen LogP contribution in [0.25, 0.3) is 0 Å². The van der Waals surface area contributed by atoms with Gasteiger partial charge in [0.05, 0.1) is 0 Å². The molecule has 3 aromatic carbocycles. The summed E-state index contributed by atoms with van der Waals surface area (Å²) >= 11 is 0. The fourth-order valence-electron chi connectivity index (χ4n) is 3.31. The van der Waals surface area contributed by atoms with Crippen molar-refractivity contribution in [1.82, 2.24) is 0 Å². The summed E-state index contributed by atoms with van der Waals surface area (Å²) in [5, 5.41) is 3.82. The first kappa shape index (κ1) is 15.4. The molecule has 0 aliphatic heterocycles. The number of rotatable bonds is 5. The van der Waals surface area contributed by atoms with E-state index < -0.39 is 8.07 Å². The summed E-state index contributed by atoms with van der Waals surface area (Å²) in [6.07, 6.45) is 0.547. The lowest BCUT2D eigenvalue weighted by molar-refractivity contribution is -0.112. The zero-order chi connectivity index (χ0) is 16.1. The standard InChI is InChI=1S/C21H20OSi/c1-2-21(22)23(18-12-6-3-7-13-18,19-14-8-4-9-15-19)20-16-10-5-11-17-20/h3-17H,2H2,1H3. The normalized spacial score (nSPS) is 11.2. The molecule has 0 aliphatic carbocycles. The smallest absolute Gasteiger partial charge is 0.224 e. The lowest BCUT2D eigenvalue weighted by atomic mass is 10.3. The third-order valence-electron chi connectivity index (χ3n) is 4.36. The first-order chi connectivity index (χ1) is 11.3. The van der Waals surface area contributed by atoms with E-state index in [0.29, 0.717) is 11.8 Å². The molecule has 2 heteroatoms. The zero-order valence-corrected chi connectivity index (χ0v) is 14.3. The molecule has 0 radical (unpaired) electrons. The van der Waals surface area contributed by atoms with Gasteiger partial charge >= 0.3 is 0 Å². The summed E-state index contributed by atoms with van der Waals surface area (Å²) in [6.45, 7) is 1.97. The van der Waals surface area contributed by atoms with Crippen molar-refractivity contribution in [2.75, 3.05) is 0 Å². The summed E-state index contributed by atoms with van der Waals surface area (Å²) in [4.78, 5) is 13.3. The van der Waals surface area contributed by atoms with E-state index in [-0.39, 0.29) is 0 Å². The first-order valence-corrected chi connectivity index (χ1v) is 10.00. The lowest BCUT2D eigenvalue weighted by Gasteiger charge is -2.31. The molecule has 0 aromatic heterocycles. The predicted octanol–water partition coefficient (Wildman–Crippen LogP) is 2.68. The molecule has 23 heavy (non-hydrogen) atoms. The van der Waals surface area contributed by atoms with Crippen LogP contribution in [0.1, 0.15) is 13.3 Å². The molecule has 0 aliphatic rings. The maximum absolute atomic E-state index is 13.3. The molecule has 0 saturated carbocycles. The van der Waals surface area contributed by atoms with Gasteiger partial charge in [-0.05, 0) is 22.0 Å². The van der Waals surface area contributed by atoms with Gasteiger partial charge in [0, 0.05) is 0 Å². The maximum atomic E-state index is 13.3. The van der Waals surface area contributed by atoms with Crippen molar-refractivity contribution >= 4 is 29.0 Å². The Morgan fingerprint density at radius 2 is 0.957 bits per heavy atom. The maximum Gasteiger partial charge on any atom is 0.224 e. The van der Waals surface area contributed by atoms with Gasteiger partial charge in [0.1, 0.15) is 5.41 Å². The molecular weight excluding hydrogens is 296 g/mol. The minimum Gasteiger partial charge on any atom is -0.304 e. The molecule has 0 amide bonds. The zero-order valence-electron chi connectivity index (χ0n) is 13.3. The van der Waals surface area contributed by atoms with E-state index in [4.69, 9.17) is 0 Å². The van der Waals surface area contributed by atoms with Gasteiger partial charge in [-0.25, -0.2) is 0 Å². The Labute approximate surface area is 138 Å². The predicted molar refractivity (Wildman–Crippen MR) is 99.3 cm³/mol. The topological polar surface area (TPSA) is 17.1 Å². The second-order valence-corrected chi connectivity index (χ2v) is 9.41. The molecule has 3 aromatic rings. The summed E-state index contributed by atoms with van der Waals surface area (Å²) < 4.78 is 0. The van der Waals surface area contributed by atoms with Crippen molar-refractivity contribution in [3.05, 3.63) is 91.0 Å². The molecule has 0 unspecified atom stereocenters. The van der Waals surface area contributed by atoms with Crippen molar-refractivity contribution in [3.63, 3.8) is 0 Å². The van der Waals surface area contributed by atoms with Crippen molar-refractivity contribution < 1.29 is 4.79 Å². The van der Waals surface area contributed by atoms with Crippen LogP contribution in [0.5, 0.6) is 0 Å². The van der Waals surface area contributed by atoms with Crippen LogP contribution in [-0.4, -0.2) is 13.5 Å². The molecular formula is C21H20OSi. The highest BCUT2D eigenvalue weighted by molar-refractivity contribution is 7.29. The van der Waals surface area contributed by atoms with Crippen LogP contribution in [0.15, 0.2) is 91.0 Å². The highest BCUT2D eigenvalue weighted by Crippen LogP contribution is 2.11. The Kier molecular flexibility index (Phi) is 4.54. The van der Waals surface area contributed by atoms with Gasteiger partial charge < -0.3 is 4.79 Å². The van der Waals surface area contributed by atoms with Crippen LogP contribution >= 0.6 is 0 Å². The third-order valence-corrected chi connectivity index (χ3v) is 9.15. The van der Waals surface area contributed by atoms with Gasteiger partial charge in [-0.1, -0.05) is 97.9 Å². The van der Waals surface area contributed by atoms with Crippen LogP contribution in [0.3, 0.4) is 0 Å². The number of hydrogen-bond donors (Lipinski definition) is 0. The summed E-state index contributed by atoms with van der Waals surface area (Å²) in [7, 11) is -2.67. The monoisotopic (exact) mass is 316 g/mol. The number of carbonyl (C=O) groups excluding carboxylic acids is 1. The van der Waals surface area contributed by atoms with Crippen LogP contribution in [-0.2, 0) is 4.79 Å². The van der Waals surface area contributed by atoms with Crippen molar-refractivity contribution in [3.8, 4) is 0 Å². The molecule has 0 fully saturated rings. The van der Waals surface area contributed by atoms with Gasteiger partial charge in [-0.15, -0.1) is 0 Å². The molecule has 0 spiro atoms. The SMILES string of the molecule is CCC(=O)[Si](c1ccccc1)(c1ccccc1)c1ccccc1. The Morgan fingerprint density at radius 1 is 0.652 bits per heavy atom. The number of hydrogen-bond acceptors (Lipinski definition) is 1. The van der Waals surface area contributed by atoms with E-state index in [0.717, 1.165) is 15.6 Å². The third kappa shape index (κ3) is 2.66. The van der Waals surface area contributed by atoms with Gasteiger partial charge in [-0.2, -0.15) is 0 Å². The van der Waals surface area contributed by atoms with Gasteiger partial charge in [0.15, 0.2) is 0 Å². The Balaban J connectivity index is 2.38. The quantitative estimate of drug-likeness (QED) is 0.522. The van der Waals surface area contributed by atoms with E-state index in [1.165, 1.54) is 0 Å². The summed E-state index contributed by atoms with van der Waals surface area (Å²) in [5.41, 5.74) is 0. The van der Waals surface area contributed by atoms with Crippen LogP contribution in [0.4, 0.5) is 0 Å². The molecule has 0 bridgehead atoms. The van der Waals surface area contributed by atoms with Crippen molar-refractivity contribution in [1.29, 1.82) is 0 Å². The molecule has 0 saturated heterocycles. The number of carbonyl (C=O) groups is 1. The van der Waals surface area contributed by atoms with Crippen molar-refractivity contribution in [2.24, 2.45) is 0 Å². The minimum absolute atomic E-state index is 0.348. The van der Waals surface area contributed by atoms with E-state index in [1.807, 2.05) is 61.5 Å². The molecule has 0 N–H and O–H groups in total. The summed E-state index contributed by atoms with van der Waals surface area (Å²) in [6, 6.07) is 30.9. The molecule has 3 rings (SSSR count). The van der Waals surface area contributed by atoms with Gasteiger partial charge in [0.25, 0.3) is 0 Å². The van der Waals surface area contributed by atoms with Gasteiger partial charge in [0.2, 0.25) is 8.07 Å². The molecule has 0 atom stereocenters. The first-order valence-electron chi connectivity index (χ1n) is 8.00. The lowest BCUT2D eigenvalue weighted by Crippen LogP contribution is -2.72. The Hall–Kier alpha value is -2.45. The highest BCUT2D eigenvalue weighted by Gasteiger charge is 2.45. The molecule has 1 nitrogen and oxygen atoms in total. The average Bonchev–Trinajstić information content (AvgIpc) is 2.65. The minimum atomic E-state index is -2.67. The van der Waals surface area contributed by atoms with Crippen LogP contribution in [0.2, 0.25) is 0 Å². The molecule has 114 valence electrons. The second kappa shape index (κ2) is 6.76. The average molecular weight is 316 g/mol. The fourth-order valence-corrected chi connectivity index (χ4v) is 7.89. The largest absolute Gasteiger partial charge is 0.304 e. The van der Waals surface area contributed by atoms with E-state index in [2.05, 4.69) is 36.4 Å². The Morgan fingerprint density at radius 3 is 1.22 bits per heavy atom. The van der Waals surface area contributed by atoms with E-state index in [1.54, 1.807) is 0 Å². The Bertz CT molecular complexity index is 670. The van der Waals surface area contributed by atoms with Crippen molar-refractivity contribution in [2.45, 2.75) is 13.3 Å². The van der Waals surface area contributed by atoms with Crippen LogP contribution in [0, 0.1) is 0 Å². The second-order valence-electron chi connectivity index (χ2n) is 5.62. The van der Waals surface area contributed by atoms with E-state index >= 15 is 0 Å². The summed E-state index contributed by atoms with van der Waals surface area (Å²) in [5.74, 6) is 0. The van der Waals surface area contributed by atoms with E-state index in [9.17, 15) is 4.79 Å². The fraction of sp³-hybridized carbons (Fsp3) is 0.0952. The van der Waals surface area contributed by atoms with Gasteiger partial charge in [-0.3, -0.25) is 0 Å². The van der Waals surface area contributed by atoms with Crippen LogP contribution < -0.4 is 15.6 Å². The highest BCUT2D eigenvalue weighted by atomic mass is 28.3.